The molecule has 3 aliphatic rings. The van der Waals surface area contributed by atoms with Crippen molar-refractivity contribution in [3.63, 3.8) is 0 Å². The van der Waals surface area contributed by atoms with E-state index in [1.807, 2.05) is 34.2 Å². The molecule has 5 rings (SSSR count). The van der Waals surface area contributed by atoms with Gasteiger partial charge >= 0.3 is 6.09 Å². The molecule has 0 spiro atoms. The van der Waals surface area contributed by atoms with Crippen LogP contribution in [0, 0.1) is 0 Å². The molecule has 4 heterocycles. The molecule has 1 aromatic heterocycles. The third kappa shape index (κ3) is 3.35. The minimum absolute atomic E-state index is 0.0347. The van der Waals surface area contributed by atoms with E-state index in [2.05, 4.69) is 11.1 Å². The molecule has 0 aliphatic carbocycles. The number of hydrogen-bond donors (Lipinski definition) is 0. The summed E-state index contributed by atoms with van der Waals surface area (Å²) in [5, 5.41) is 2.69. The Bertz CT molecular complexity index is 951. The topological polar surface area (TPSA) is 72.0 Å². The summed E-state index contributed by atoms with van der Waals surface area (Å²) in [7, 11) is 0. The second-order valence-corrected chi connectivity index (χ2v) is 8.67. The number of likely N-dealkylation sites (tertiary alicyclic amines) is 1. The van der Waals surface area contributed by atoms with E-state index in [-0.39, 0.29) is 24.1 Å². The Morgan fingerprint density at radius 1 is 1.24 bits per heavy atom. The summed E-state index contributed by atoms with van der Waals surface area (Å²) in [6, 6.07) is 6.34. The van der Waals surface area contributed by atoms with Gasteiger partial charge in [-0.05, 0) is 43.5 Å². The van der Waals surface area contributed by atoms with E-state index in [4.69, 9.17) is 9.47 Å². The van der Waals surface area contributed by atoms with Gasteiger partial charge in [0.1, 0.15) is 23.1 Å². The first-order valence-corrected chi connectivity index (χ1v) is 10.9. The average Bonchev–Trinajstić information content (AvgIpc) is 3.47. The highest BCUT2D eigenvalue weighted by atomic mass is 32.1. The molecule has 2 fully saturated rings. The van der Waals surface area contributed by atoms with Crippen LogP contribution in [0.15, 0.2) is 23.6 Å². The molecule has 1 unspecified atom stereocenters. The van der Waals surface area contributed by atoms with Crippen LogP contribution in [0.4, 0.5) is 4.79 Å². The third-order valence-electron chi connectivity index (χ3n) is 5.94. The van der Waals surface area contributed by atoms with Crippen molar-refractivity contribution in [1.82, 2.24) is 14.8 Å². The minimum Gasteiger partial charge on any atom is -0.493 e. The van der Waals surface area contributed by atoms with Crippen LogP contribution >= 0.6 is 11.3 Å². The number of hydrogen-bond acceptors (Lipinski definition) is 6. The number of rotatable bonds is 3. The number of aromatic nitrogens is 1. The zero-order chi connectivity index (χ0) is 20.0. The number of amides is 2. The summed E-state index contributed by atoms with van der Waals surface area (Å²) in [5.41, 5.74) is 2.72. The molecular weight excluding hydrogens is 390 g/mol. The standard InChI is InChI=1S/C21H23N3O4S/c1-13-11-28-21(26)24(13)16-4-7-23(8-5-16)20(25)17-12-29-19(22-17)15-2-3-18-14(10-15)6-9-27-18/h2-3,10,12-13,16H,4-9,11H2,1H3. The molecule has 0 bridgehead atoms. The monoisotopic (exact) mass is 413 g/mol. The second-order valence-electron chi connectivity index (χ2n) is 7.82. The molecule has 152 valence electrons. The third-order valence-corrected chi connectivity index (χ3v) is 6.83. The number of piperidine rings is 1. The van der Waals surface area contributed by atoms with Crippen LogP contribution in [0.25, 0.3) is 10.6 Å². The smallest absolute Gasteiger partial charge is 0.410 e. The number of benzene rings is 1. The number of cyclic esters (lactones) is 1. The Balaban J connectivity index is 1.25. The maximum Gasteiger partial charge on any atom is 0.410 e. The maximum atomic E-state index is 12.9. The number of fused-ring (bicyclic) bond motifs is 1. The van der Waals surface area contributed by atoms with Crippen molar-refractivity contribution in [2.45, 2.75) is 38.3 Å². The van der Waals surface area contributed by atoms with Crippen LogP contribution in [-0.2, 0) is 11.2 Å². The lowest BCUT2D eigenvalue weighted by atomic mass is 10.0. The summed E-state index contributed by atoms with van der Waals surface area (Å²) < 4.78 is 10.7. The molecule has 3 aliphatic heterocycles. The van der Waals surface area contributed by atoms with Gasteiger partial charge in [0.05, 0.1) is 12.6 Å². The molecule has 0 N–H and O–H groups in total. The van der Waals surface area contributed by atoms with Gasteiger partial charge in [-0.15, -0.1) is 11.3 Å². The highest BCUT2D eigenvalue weighted by molar-refractivity contribution is 7.13. The molecule has 1 aromatic carbocycles. The average molecular weight is 413 g/mol. The number of ether oxygens (including phenoxy) is 2. The fourth-order valence-electron chi connectivity index (χ4n) is 4.37. The van der Waals surface area contributed by atoms with Crippen LogP contribution in [0.1, 0.15) is 35.8 Å². The quantitative estimate of drug-likeness (QED) is 0.773. The molecule has 2 amide bonds. The van der Waals surface area contributed by atoms with Gasteiger partial charge in [-0.25, -0.2) is 9.78 Å². The predicted octanol–water partition coefficient (Wildman–Crippen LogP) is 3.19. The van der Waals surface area contributed by atoms with Crippen molar-refractivity contribution in [2.75, 3.05) is 26.3 Å². The van der Waals surface area contributed by atoms with E-state index in [9.17, 15) is 9.59 Å². The van der Waals surface area contributed by atoms with E-state index < -0.39 is 0 Å². The largest absolute Gasteiger partial charge is 0.493 e. The van der Waals surface area contributed by atoms with Crippen molar-refractivity contribution in [1.29, 1.82) is 0 Å². The Morgan fingerprint density at radius 3 is 2.83 bits per heavy atom. The van der Waals surface area contributed by atoms with Gasteiger partial charge in [0.25, 0.3) is 5.91 Å². The molecule has 29 heavy (non-hydrogen) atoms. The van der Waals surface area contributed by atoms with Gasteiger partial charge in [-0.1, -0.05) is 0 Å². The van der Waals surface area contributed by atoms with E-state index in [1.165, 1.54) is 16.9 Å². The lowest BCUT2D eigenvalue weighted by Gasteiger charge is -2.36. The van der Waals surface area contributed by atoms with E-state index in [0.717, 1.165) is 42.2 Å². The molecule has 2 aromatic rings. The van der Waals surface area contributed by atoms with Crippen LogP contribution in [0.3, 0.4) is 0 Å². The Labute approximate surface area is 173 Å². The first kappa shape index (κ1) is 18.4. The molecule has 7 nitrogen and oxygen atoms in total. The van der Waals surface area contributed by atoms with E-state index in [0.29, 0.717) is 25.4 Å². The number of carbonyl (C=O) groups excluding carboxylic acids is 2. The van der Waals surface area contributed by atoms with Crippen LogP contribution in [0.5, 0.6) is 5.75 Å². The van der Waals surface area contributed by atoms with E-state index >= 15 is 0 Å². The van der Waals surface area contributed by atoms with Crippen LogP contribution in [0.2, 0.25) is 0 Å². The second kappa shape index (κ2) is 7.33. The molecule has 1 atom stereocenters. The number of thiazole rings is 1. The normalized spacial score (nSPS) is 21.8. The SMILES string of the molecule is CC1COC(=O)N1C1CCN(C(=O)c2csc(-c3ccc4c(c3)CCO4)n2)CC1. The van der Waals surface area contributed by atoms with Gasteiger partial charge < -0.3 is 14.4 Å². The van der Waals surface area contributed by atoms with Crippen molar-refractivity contribution in [2.24, 2.45) is 0 Å². The van der Waals surface area contributed by atoms with Gasteiger partial charge in [0.2, 0.25) is 0 Å². The molecule has 2 saturated heterocycles. The zero-order valence-corrected chi connectivity index (χ0v) is 17.1. The highest BCUT2D eigenvalue weighted by Crippen LogP contribution is 2.32. The summed E-state index contributed by atoms with van der Waals surface area (Å²) in [4.78, 5) is 33.2. The van der Waals surface area contributed by atoms with Gasteiger partial charge in [0, 0.05) is 36.5 Å². The Morgan fingerprint density at radius 2 is 2.07 bits per heavy atom. The summed E-state index contributed by atoms with van der Waals surface area (Å²) in [6.45, 7) is 4.44. The highest BCUT2D eigenvalue weighted by Gasteiger charge is 2.37. The van der Waals surface area contributed by atoms with Gasteiger partial charge in [-0.3, -0.25) is 9.69 Å². The van der Waals surface area contributed by atoms with Crippen molar-refractivity contribution >= 4 is 23.3 Å². The van der Waals surface area contributed by atoms with Gasteiger partial charge in [-0.2, -0.15) is 0 Å². The van der Waals surface area contributed by atoms with E-state index in [1.54, 1.807) is 0 Å². The lowest BCUT2D eigenvalue weighted by molar-refractivity contribution is 0.0637. The van der Waals surface area contributed by atoms with Crippen molar-refractivity contribution in [3.8, 4) is 16.3 Å². The van der Waals surface area contributed by atoms with Crippen LogP contribution in [-0.4, -0.2) is 65.2 Å². The first-order chi connectivity index (χ1) is 14.1. The summed E-state index contributed by atoms with van der Waals surface area (Å²) in [6.07, 6.45) is 2.23. The molecule has 0 radical (unpaired) electrons. The number of carbonyl (C=O) groups is 2. The predicted molar refractivity (Wildman–Crippen MR) is 108 cm³/mol. The fourth-order valence-corrected chi connectivity index (χ4v) is 5.16. The zero-order valence-electron chi connectivity index (χ0n) is 16.3. The minimum atomic E-state index is -0.230. The van der Waals surface area contributed by atoms with Gasteiger partial charge in [0.15, 0.2) is 0 Å². The first-order valence-electron chi connectivity index (χ1n) is 10.1. The number of nitrogens with zero attached hydrogens (tertiary/aromatic N) is 3. The Kier molecular flexibility index (Phi) is 4.66. The van der Waals surface area contributed by atoms with Crippen molar-refractivity contribution < 1.29 is 19.1 Å². The van der Waals surface area contributed by atoms with Crippen LogP contribution < -0.4 is 4.74 Å². The maximum absolute atomic E-state index is 12.9. The molecule has 0 saturated carbocycles. The molecule has 8 heteroatoms. The molecular formula is C21H23N3O4S. The fraction of sp³-hybridized carbons (Fsp3) is 0.476. The summed E-state index contributed by atoms with van der Waals surface area (Å²) in [5.74, 6) is 0.910. The van der Waals surface area contributed by atoms with Crippen molar-refractivity contribution in [3.05, 3.63) is 34.8 Å². The lowest BCUT2D eigenvalue weighted by Crippen LogP contribution is -2.49. The Hall–Kier alpha value is -2.61. The summed E-state index contributed by atoms with van der Waals surface area (Å²) >= 11 is 1.49.